The Morgan fingerprint density at radius 2 is 1.59 bits per heavy atom. The molecule has 0 aliphatic rings. The van der Waals surface area contributed by atoms with Crippen LogP contribution in [0.25, 0.3) is 0 Å². The summed E-state index contributed by atoms with van der Waals surface area (Å²) in [6.07, 6.45) is 0.311. The normalized spacial score (nSPS) is 11.4. The van der Waals surface area contributed by atoms with Crippen LogP contribution < -0.4 is 10.6 Å². The molecule has 0 saturated heterocycles. The van der Waals surface area contributed by atoms with E-state index in [9.17, 15) is 14.4 Å². The highest BCUT2D eigenvalue weighted by molar-refractivity contribution is 6.30. The first-order valence-electron chi connectivity index (χ1n) is 9.60. The first-order valence-corrected chi connectivity index (χ1v) is 9.98. The van der Waals surface area contributed by atoms with Crippen LogP contribution in [0.1, 0.15) is 29.8 Å². The van der Waals surface area contributed by atoms with Gasteiger partial charge in [-0.15, -0.1) is 0 Å². The molecule has 0 heterocycles. The Balaban J connectivity index is 2.09. The lowest BCUT2D eigenvalue weighted by molar-refractivity contribution is -0.133. The average Bonchev–Trinajstić information content (AvgIpc) is 2.73. The summed E-state index contributed by atoms with van der Waals surface area (Å²) in [7, 11) is 0. The van der Waals surface area contributed by atoms with Crippen LogP contribution in [0.2, 0.25) is 5.02 Å². The predicted molar refractivity (Wildman–Crippen MR) is 114 cm³/mol. The molecular weight excluding hydrogens is 390 g/mol. The molecule has 2 rings (SSSR count). The van der Waals surface area contributed by atoms with Crippen molar-refractivity contribution in [2.75, 3.05) is 19.6 Å². The summed E-state index contributed by atoms with van der Waals surface area (Å²) in [5.41, 5.74) is 1.30. The molecule has 1 unspecified atom stereocenters. The minimum atomic E-state index is -0.815. The van der Waals surface area contributed by atoms with Gasteiger partial charge >= 0.3 is 0 Å². The topological polar surface area (TPSA) is 78.5 Å². The maximum atomic E-state index is 12.8. The molecule has 0 aliphatic carbocycles. The van der Waals surface area contributed by atoms with Crippen LogP contribution in [0, 0.1) is 0 Å². The molecule has 0 aromatic heterocycles. The molecule has 2 aromatic rings. The number of amides is 3. The van der Waals surface area contributed by atoms with Gasteiger partial charge in [0, 0.05) is 30.1 Å². The van der Waals surface area contributed by atoms with Crippen molar-refractivity contribution >= 4 is 29.3 Å². The van der Waals surface area contributed by atoms with Gasteiger partial charge < -0.3 is 15.5 Å². The van der Waals surface area contributed by atoms with E-state index in [0.29, 0.717) is 30.1 Å². The third-order valence-electron chi connectivity index (χ3n) is 4.54. The highest BCUT2D eigenvalue weighted by atomic mass is 35.5. The molecule has 29 heavy (non-hydrogen) atoms. The molecule has 0 aliphatic heterocycles. The van der Waals surface area contributed by atoms with E-state index in [4.69, 9.17) is 11.6 Å². The summed E-state index contributed by atoms with van der Waals surface area (Å²) in [6.45, 7) is 4.81. The van der Waals surface area contributed by atoms with Gasteiger partial charge in [0.2, 0.25) is 11.8 Å². The molecule has 0 bridgehead atoms. The first kappa shape index (κ1) is 22.4. The van der Waals surface area contributed by atoms with E-state index in [1.54, 1.807) is 29.2 Å². The van der Waals surface area contributed by atoms with Crippen molar-refractivity contribution in [2.45, 2.75) is 26.3 Å². The van der Waals surface area contributed by atoms with Crippen LogP contribution in [0.5, 0.6) is 0 Å². The second-order valence-electron chi connectivity index (χ2n) is 6.51. The van der Waals surface area contributed by atoms with Crippen molar-refractivity contribution in [3.63, 3.8) is 0 Å². The summed E-state index contributed by atoms with van der Waals surface area (Å²) >= 11 is 5.87. The third kappa shape index (κ3) is 6.91. The second kappa shape index (κ2) is 11.2. The fourth-order valence-electron chi connectivity index (χ4n) is 2.88. The molecule has 154 valence electrons. The van der Waals surface area contributed by atoms with Crippen LogP contribution in [-0.2, 0) is 16.0 Å². The number of carbonyl (C=O) groups excluding carboxylic acids is 3. The predicted octanol–water partition coefficient (Wildman–Crippen LogP) is 2.67. The Labute approximate surface area is 176 Å². The van der Waals surface area contributed by atoms with E-state index in [0.717, 1.165) is 5.56 Å². The lowest BCUT2D eigenvalue weighted by Gasteiger charge is -2.21. The SMILES string of the molecule is CCN(CC)C(=O)CNC(=O)C(Cc1ccccc1)NC(=O)c1ccc(Cl)cc1. The number of halogens is 1. The maximum absolute atomic E-state index is 12.8. The van der Waals surface area contributed by atoms with E-state index >= 15 is 0 Å². The maximum Gasteiger partial charge on any atom is 0.251 e. The lowest BCUT2D eigenvalue weighted by Crippen LogP contribution is -2.50. The summed E-state index contributed by atoms with van der Waals surface area (Å²) in [5.74, 6) is -0.949. The smallest absolute Gasteiger partial charge is 0.251 e. The Hall–Kier alpha value is -2.86. The molecule has 2 aromatic carbocycles. The van der Waals surface area contributed by atoms with E-state index in [2.05, 4.69) is 10.6 Å². The standard InChI is InChI=1S/C22H26ClN3O3/c1-3-26(4-2)20(27)15-24-22(29)19(14-16-8-6-5-7-9-16)25-21(28)17-10-12-18(23)13-11-17/h5-13,19H,3-4,14-15H2,1-2H3,(H,24,29)(H,25,28). The van der Waals surface area contributed by atoms with Crippen LogP contribution in [0.15, 0.2) is 54.6 Å². The van der Waals surface area contributed by atoms with Crippen LogP contribution in [-0.4, -0.2) is 48.3 Å². The third-order valence-corrected chi connectivity index (χ3v) is 4.79. The van der Waals surface area contributed by atoms with Gasteiger partial charge in [-0.25, -0.2) is 0 Å². The number of nitrogens with zero attached hydrogens (tertiary/aromatic N) is 1. The van der Waals surface area contributed by atoms with Crippen molar-refractivity contribution in [2.24, 2.45) is 0 Å². The lowest BCUT2D eigenvalue weighted by atomic mass is 10.0. The summed E-state index contributed by atoms with van der Waals surface area (Å²) in [6, 6.07) is 15.0. The van der Waals surface area contributed by atoms with Crippen LogP contribution in [0.3, 0.4) is 0 Å². The molecule has 2 N–H and O–H groups in total. The zero-order valence-corrected chi connectivity index (χ0v) is 17.4. The van der Waals surface area contributed by atoms with Gasteiger partial charge in [-0.2, -0.15) is 0 Å². The number of hydrogen-bond donors (Lipinski definition) is 2. The molecule has 0 fully saturated rings. The number of rotatable bonds is 9. The van der Waals surface area contributed by atoms with Gasteiger partial charge in [0.05, 0.1) is 6.54 Å². The quantitative estimate of drug-likeness (QED) is 0.660. The van der Waals surface area contributed by atoms with Crippen LogP contribution in [0.4, 0.5) is 0 Å². The van der Waals surface area contributed by atoms with Gasteiger partial charge in [0.25, 0.3) is 5.91 Å². The van der Waals surface area contributed by atoms with Gasteiger partial charge in [-0.05, 0) is 43.7 Å². The van der Waals surface area contributed by atoms with Crippen molar-refractivity contribution in [1.82, 2.24) is 15.5 Å². The zero-order valence-electron chi connectivity index (χ0n) is 16.7. The highest BCUT2D eigenvalue weighted by Gasteiger charge is 2.23. The number of benzene rings is 2. The number of carbonyl (C=O) groups is 3. The van der Waals surface area contributed by atoms with Crippen molar-refractivity contribution < 1.29 is 14.4 Å². The Morgan fingerprint density at radius 3 is 2.17 bits per heavy atom. The fraction of sp³-hybridized carbons (Fsp3) is 0.318. The van der Waals surface area contributed by atoms with E-state index in [1.165, 1.54) is 0 Å². The Kier molecular flexibility index (Phi) is 8.68. The van der Waals surface area contributed by atoms with Crippen molar-refractivity contribution in [3.8, 4) is 0 Å². The summed E-state index contributed by atoms with van der Waals surface area (Å²) < 4.78 is 0. The van der Waals surface area contributed by atoms with E-state index < -0.39 is 11.9 Å². The first-order chi connectivity index (χ1) is 13.9. The largest absolute Gasteiger partial charge is 0.345 e. The van der Waals surface area contributed by atoms with Gasteiger partial charge in [0.15, 0.2) is 0 Å². The fourth-order valence-corrected chi connectivity index (χ4v) is 3.00. The van der Waals surface area contributed by atoms with Gasteiger partial charge in [0.1, 0.15) is 6.04 Å². The van der Waals surface area contributed by atoms with Gasteiger partial charge in [-0.1, -0.05) is 41.9 Å². The molecule has 6 nitrogen and oxygen atoms in total. The minimum Gasteiger partial charge on any atom is -0.345 e. The Morgan fingerprint density at radius 1 is 0.966 bits per heavy atom. The number of hydrogen-bond acceptors (Lipinski definition) is 3. The number of likely N-dealkylation sites (N-methyl/N-ethyl adjacent to an activating group) is 1. The monoisotopic (exact) mass is 415 g/mol. The Bertz CT molecular complexity index is 821. The molecular formula is C22H26ClN3O3. The summed E-state index contributed by atoms with van der Waals surface area (Å²) in [5, 5.41) is 5.94. The molecule has 7 heteroatoms. The van der Waals surface area contributed by atoms with E-state index in [-0.39, 0.29) is 18.4 Å². The minimum absolute atomic E-state index is 0.109. The second-order valence-corrected chi connectivity index (χ2v) is 6.94. The average molecular weight is 416 g/mol. The van der Waals surface area contributed by atoms with Crippen LogP contribution >= 0.6 is 11.6 Å². The van der Waals surface area contributed by atoms with Crippen molar-refractivity contribution in [1.29, 1.82) is 0 Å². The van der Waals surface area contributed by atoms with E-state index in [1.807, 2.05) is 44.2 Å². The van der Waals surface area contributed by atoms with Gasteiger partial charge in [-0.3, -0.25) is 14.4 Å². The number of nitrogens with one attached hydrogen (secondary N) is 2. The van der Waals surface area contributed by atoms with Crippen molar-refractivity contribution in [3.05, 3.63) is 70.7 Å². The zero-order chi connectivity index (χ0) is 21.2. The molecule has 1 atom stereocenters. The highest BCUT2D eigenvalue weighted by Crippen LogP contribution is 2.10. The summed E-state index contributed by atoms with van der Waals surface area (Å²) in [4.78, 5) is 39.2. The molecule has 0 saturated carbocycles. The molecule has 3 amide bonds. The molecule has 0 spiro atoms. The molecule has 0 radical (unpaired) electrons.